The molecule has 0 saturated heterocycles. The zero-order valence-corrected chi connectivity index (χ0v) is 13.1. The number of carbonyl (C=O) groups excluding carboxylic acids is 2. The zero-order chi connectivity index (χ0) is 16.7. The van der Waals surface area contributed by atoms with Crippen LogP contribution in [0.5, 0.6) is 0 Å². The Morgan fingerprint density at radius 2 is 2.00 bits per heavy atom. The summed E-state index contributed by atoms with van der Waals surface area (Å²) in [5.41, 5.74) is 1.60. The molecule has 1 aromatic carbocycles. The van der Waals surface area contributed by atoms with Gasteiger partial charge >= 0.3 is 5.97 Å². The molecule has 0 N–H and O–H groups in total. The van der Waals surface area contributed by atoms with Crippen molar-refractivity contribution in [3.05, 3.63) is 60.2 Å². The van der Waals surface area contributed by atoms with Crippen molar-refractivity contribution in [2.75, 3.05) is 13.7 Å². The second kappa shape index (κ2) is 7.93. The van der Waals surface area contributed by atoms with Crippen LogP contribution in [-0.4, -0.2) is 35.0 Å². The normalized spacial score (nSPS) is 11.1. The first-order valence-electron chi connectivity index (χ1n) is 7.17. The highest BCUT2D eigenvalue weighted by Crippen LogP contribution is 2.14. The fourth-order valence-electron chi connectivity index (χ4n) is 1.99. The van der Waals surface area contributed by atoms with Crippen molar-refractivity contribution in [3.63, 3.8) is 0 Å². The third kappa shape index (κ3) is 4.54. The third-order valence-corrected chi connectivity index (χ3v) is 3.05. The Kier molecular flexibility index (Phi) is 5.68. The van der Waals surface area contributed by atoms with Gasteiger partial charge in [-0.15, -0.1) is 0 Å². The van der Waals surface area contributed by atoms with E-state index in [1.165, 1.54) is 7.11 Å². The van der Waals surface area contributed by atoms with Crippen LogP contribution < -0.4 is 0 Å². The zero-order valence-electron chi connectivity index (χ0n) is 13.1. The summed E-state index contributed by atoms with van der Waals surface area (Å²) in [5.74, 6) is -1.47. The van der Waals surface area contributed by atoms with Gasteiger partial charge in [0.2, 0.25) is 0 Å². The van der Waals surface area contributed by atoms with Crippen LogP contribution >= 0.6 is 0 Å². The molecule has 0 spiro atoms. The van der Waals surface area contributed by atoms with Gasteiger partial charge in [0.25, 0.3) is 5.78 Å². The van der Waals surface area contributed by atoms with Crippen molar-refractivity contribution in [2.45, 2.75) is 13.5 Å². The van der Waals surface area contributed by atoms with E-state index in [4.69, 9.17) is 4.74 Å². The molecule has 0 aliphatic heterocycles. The molecule has 1 aromatic heterocycles. The Morgan fingerprint density at radius 1 is 1.26 bits per heavy atom. The number of benzene rings is 1. The van der Waals surface area contributed by atoms with Crippen molar-refractivity contribution >= 4 is 17.5 Å². The van der Waals surface area contributed by atoms with Gasteiger partial charge in [0.1, 0.15) is 11.5 Å². The Labute approximate surface area is 134 Å². The van der Waals surface area contributed by atoms with Gasteiger partial charge in [0.05, 0.1) is 20.0 Å². The molecule has 2 rings (SSSR count). The van der Waals surface area contributed by atoms with Crippen LogP contribution in [0.15, 0.2) is 48.9 Å². The lowest BCUT2D eigenvalue weighted by Gasteiger charge is -2.03. The first-order valence-corrected chi connectivity index (χ1v) is 7.17. The molecule has 0 atom stereocenters. The number of esters is 1. The number of nitrogens with zero attached hydrogens (tertiary/aromatic N) is 2. The Morgan fingerprint density at radius 3 is 2.65 bits per heavy atom. The summed E-state index contributed by atoms with van der Waals surface area (Å²) in [6, 6.07) is 9.90. The number of hydrogen-bond donors (Lipinski definition) is 0. The predicted molar refractivity (Wildman–Crippen MR) is 84.4 cm³/mol. The standard InChI is InChI=1S/C17H18N2O4/c1-3-23-17(21)15(20)9-16(22-2)14-11-19(12-18-14)10-13-7-5-4-6-8-13/h4-9,11-12H,3,10H2,1-2H3/b16-9-. The molecular formula is C17H18N2O4. The largest absolute Gasteiger partial charge is 0.494 e. The van der Waals surface area contributed by atoms with E-state index in [1.54, 1.807) is 19.4 Å². The first-order chi connectivity index (χ1) is 11.1. The van der Waals surface area contributed by atoms with E-state index in [2.05, 4.69) is 9.72 Å². The number of carbonyl (C=O) groups is 2. The molecule has 0 fully saturated rings. The predicted octanol–water partition coefficient (Wildman–Crippen LogP) is 2.05. The monoisotopic (exact) mass is 314 g/mol. The molecule has 120 valence electrons. The smallest absolute Gasteiger partial charge is 0.379 e. The van der Waals surface area contributed by atoms with E-state index in [-0.39, 0.29) is 12.4 Å². The van der Waals surface area contributed by atoms with Crippen LogP contribution in [0.1, 0.15) is 18.2 Å². The summed E-state index contributed by atoms with van der Waals surface area (Å²) < 4.78 is 11.7. The van der Waals surface area contributed by atoms with E-state index in [9.17, 15) is 9.59 Å². The summed E-state index contributed by atoms with van der Waals surface area (Å²) in [4.78, 5) is 27.3. The minimum atomic E-state index is -0.911. The molecule has 23 heavy (non-hydrogen) atoms. The molecule has 0 radical (unpaired) electrons. The van der Waals surface area contributed by atoms with Crippen molar-refractivity contribution < 1.29 is 19.1 Å². The quantitative estimate of drug-likeness (QED) is 0.338. The molecule has 2 aromatic rings. The fraction of sp³-hybridized carbons (Fsp3) is 0.235. The Balaban J connectivity index is 2.13. The molecule has 6 nitrogen and oxygen atoms in total. The summed E-state index contributed by atoms with van der Waals surface area (Å²) in [7, 11) is 1.42. The van der Waals surface area contributed by atoms with Gasteiger partial charge in [-0.25, -0.2) is 9.78 Å². The summed E-state index contributed by atoms with van der Waals surface area (Å²) >= 11 is 0. The van der Waals surface area contributed by atoms with E-state index in [1.807, 2.05) is 34.9 Å². The number of ether oxygens (including phenoxy) is 2. The molecule has 0 amide bonds. The number of methoxy groups -OCH3 is 1. The van der Waals surface area contributed by atoms with Crippen LogP contribution in [0.4, 0.5) is 0 Å². The fourth-order valence-corrected chi connectivity index (χ4v) is 1.99. The summed E-state index contributed by atoms with van der Waals surface area (Å²) in [6.45, 7) is 2.43. The molecule has 0 bridgehead atoms. The van der Waals surface area contributed by atoms with Gasteiger partial charge in [-0.1, -0.05) is 30.3 Å². The number of rotatable bonds is 7. The average molecular weight is 314 g/mol. The number of imidazole rings is 1. The lowest BCUT2D eigenvalue weighted by atomic mass is 10.2. The average Bonchev–Trinajstić information content (AvgIpc) is 3.01. The maximum absolute atomic E-state index is 11.7. The highest BCUT2D eigenvalue weighted by molar-refractivity contribution is 6.39. The summed E-state index contributed by atoms with van der Waals surface area (Å²) in [5, 5.41) is 0. The lowest BCUT2D eigenvalue weighted by molar-refractivity contribution is -0.151. The molecule has 1 heterocycles. The topological polar surface area (TPSA) is 70.4 Å². The molecule has 0 aliphatic rings. The van der Waals surface area contributed by atoms with Crippen LogP contribution in [0.2, 0.25) is 0 Å². The number of hydrogen-bond acceptors (Lipinski definition) is 5. The van der Waals surface area contributed by atoms with Crippen molar-refractivity contribution in [1.29, 1.82) is 0 Å². The third-order valence-electron chi connectivity index (χ3n) is 3.05. The van der Waals surface area contributed by atoms with Crippen molar-refractivity contribution in [3.8, 4) is 0 Å². The molecular weight excluding hydrogens is 296 g/mol. The van der Waals surface area contributed by atoms with Gasteiger partial charge in [0, 0.05) is 18.8 Å². The Hall–Kier alpha value is -2.89. The minimum Gasteiger partial charge on any atom is -0.494 e. The van der Waals surface area contributed by atoms with E-state index < -0.39 is 11.8 Å². The number of ketones is 1. The van der Waals surface area contributed by atoms with Crippen molar-refractivity contribution in [1.82, 2.24) is 9.55 Å². The van der Waals surface area contributed by atoms with Gasteiger partial charge in [-0.3, -0.25) is 4.79 Å². The van der Waals surface area contributed by atoms with Crippen LogP contribution in [-0.2, 0) is 25.6 Å². The molecule has 6 heteroatoms. The Bertz CT molecular complexity index is 704. The SMILES string of the molecule is CCOC(=O)C(=O)/C=C(\OC)c1cn(Cc2ccccc2)cn1. The van der Waals surface area contributed by atoms with Gasteiger partial charge < -0.3 is 14.0 Å². The molecule has 0 saturated carbocycles. The van der Waals surface area contributed by atoms with Gasteiger partial charge in [-0.2, -0.15) is 0 Å². The summed E-state index contributed by atoms with van der Waals surface area (Å²) in [6.07, 6.45) is 4.48. The van der Waals surface area contributed by atoms with Crippen LogP contribution in [0.3, 0.4) is 0 Å². The van der Waals surface area contributed by atoms with Gasteiger partial charge in [-0.05, 0) is 12.5 Å². The second-order valence-electron chi connectivity index (χ2n) is 4.71. The van der Waals surface area contributed by atoms with E-state index in [0.29, 0.717) is 12.2 Å². The maximum atomic E-state index is 11.7. The molecule has 0 aliphatic carbocycles. The maximum Gasteiger partial charge on any atom is 0.379 e. The highest BCUT2D eigenvalue weighted by Gasteiger charge is 2.16. The first kappa shape index (κ1) is 16.5. The van der Waals surface area contributed by atoms with Gasteiger partial charge in [0.15, 0.2) is 0 Å². The second-order valence-corrected chi connectivity index (χ2v) is 4.71. The van der Waals surface area contributed by atoms with Crippen LogP contribution in [0.25, 0.3) is 5.76 Å². The minimum absolute atomic E-state index is 0.145. The number of aromatic nitrogens is 2. The van der Waals surface area contributed by atoms with Crippen molar-refractivity contribution in [2.24, 2.45) is 0 Å². The lowest BCUT2D eigenvalue weighted by Crippen LogP contribution is -2.15. The van der Waals surface area contributed by atoms with Crippen LogP contribution in [0, 0.1) is 0 Å². The van der Waals surface area contributed by atoms with E-state index >= 15 is 0 Å². The highest BCUT2D eigenvalue weighted by atomic mass is 16.5. The van der Waals surface area contributed by atoms with E-state index in [0.717, 1.165) is 11.6 Å². The molecule has 0 unspecified atom stereocenters.